The minimum absolute atomic E-state index is 0.445. The third-order valence-corrected chi connectivity index (χ3v) is 5.75. The predicted molar refractivity (Wildman–Crippen MR) is 147 cm³/mol. The molecular weight excluding hydrogens is 464 g/mol. The lowest BCUT2D eigenvalue weighted by Crippen LogP contribution is -2.14. The Labute approximate surface area is 214 Å². The number of benzene rings is 3. The number of aromatic nitrogens is 5. The second-order valence-corrected chi connectivity index (χ2v) is 8.30. The van der Waals surface area contributed by atoms with Gasteiger partial charge in [-0.15, -0.1) is 0 Å². The molecule has 0 fully saturated rings. The van der Waals surface area contributed by atoms with E-state index in [1.165, 1.54) is 18.1 Å². The summed E-state index contributed by atoms with van der Waals surface area (Å²) in [6.07, 6.45) is 5.89. The number of hydrazone groups is 1. The Bertz CT molecular complexity index is 1530. The van der Waals surface area contributed by atoms with Crippen molar-refractivity contribution in [3.63, 3.8) is 0 Å². The third kappa shape index (κ3) is 5.76. The summed E-state index contributed by atoms with van der Waals surface area (Å²) in [7, 11) is 1.93. The maximum absolute atomic E-state index is 6.97. The van der Waals surface area contributed by atoms with E-state index in [4.69, 9.17) is 5.41 Å². The van der Waals surface area contributed by atoms with Crippen LogP contribution in [0.3, 0.4) is 0 Å². The van der Waals surface area contributed by atoms with Gasteiger partial charge in [0.1, 0.15) is 6.33 Å². The second-order valence-electron chi connectivity index (χ2n) is 8.30. The molecule has 0 unspecified atom stereocenters. The smallest absolute Gasteiger partial charge is 0.234 e. The lowest BCUT2D eigenvalue weighted by Gasteiger charge is -2.18. The van der Waals surface area contributed by atoms with E-state index in [-0.39, 0.29) is 0 Å². The van der Waals surface area contributed by atoms with Crippen LogP contribution in [-0.2, 0) is 13.1 Å². The Hall–Kier alpha value is -5.12. The first-order valence-corrected chi connectivity index (χ1v) is 11.7. The van der Waals surface area contributed by atoms with Crippen LogP contribution in [0.25, 0.3) is 10.9 Å². The van der Waals surface area contributed by atoms with Crippen molar-refractivity contribution in [2.45, 2.75) is 13.1 Å². The van der Waals surface area contributed by atoms with Crippen LogP contribution in [0.4, 0.5) is 23.3 Å². The van der Waals surface area contributed by atoms with E-state index in [1.54, 1.807) is 0 Å². The van der Waals surface area contributed by atoms with E-state index in [9.17, 15) is 0 Å². The van der Waals surface area contributed by atoms with Gasteiger partial charge in [0.05, 0.1) is 31.0 Å². The number of nitrogens with zero attached hydrogens (tertiary/aromatic N) is 7. The van der Waals surface area contributed by atoms with E-state index in [0.717, 1.165) is 40.6 Å². The molecule has 0 amide bonds. The molecule has 3 aromatic carbocycles. The average molecular weight is 491 g/mol. The van der Waals surface area contributed by atoms with Crippen molar-refractivity contribution >= 4 is 46.6 Å². The number of fused-ring (bicyclic) bond motifs is 1. The molecule has 0 aliphatic rings. The van der Waals surface area contributed by atoms with Gasteiger partial charge in [-0.2, -0.15) is 15.2 Å². The Morgan fingerprint density at radius 2 is 1.86 bits per heavy atom. The van der Waals surface area contributed by atoms with E-state index in [1.807, 2.05) is 71.4 Å². The highest BCUT2D eigenvalue weighted by Gasteiger charge is 2.12. The quantitative estimate of drug-likeness (QED) is 0.195. The van der Waals surface area contributed by atoms with E-state index in [2.05, 4.69) is 60.2 Å². The van der Waals surface area contributed by atoms with Gasteiger partial charge in [-0.25, -0.2) is 9.97 Å². The first-order chi connectivity index (χ1) is 18.2. The first-order valence-electron chi connectivity index (χ1n) is 11.7. The number of hydrogen-bond acceptors (Lipinski definition) is 9. The average Bonchev–Trinajstić information content (AvgIpc) is 3.33. The van der Waals surface area contributed by atoms with Gasteiger partial charge in [0.25, 0.3) is 0 Å². The summed E-state index contributed by atoms with van der Waals surface area (Å²) < 4.78 is 2.00. The summed E-state index contributed by atoms with van der Waals surface area (Å²) >= 11 is 0. The van der Waals surface area contributed by atoms with Gasteiger partial charge in [-0.3, -0.25) is 4.68 Å². The Kier molecular flexibility index (Phi) is 7.07. The Morgan fingerprint density at radius 3 is 2.73 bits per heavy atom. The van der Waals surface area contributed by atoms with Gasteiger partial charge in [0.15, 0.2) is 0 Å². The fourth-order valence-corrected chi connectivity index (χ4v) is 3.91. The summed E-state index contributed by atoms with van der Waals surface area (Å²) in [6.45, 7) is 1.26. The predicted octanol–water partition coefficient (Wildman–Crippen LogP) is 4.51. The van der Waals surface area contributed by atoms with Gasteiger partial charge in [0.2, 0.25) is 11.9 Å². The van der Waals surface area contributed by atoms with Crippen LogP contribution >= 0.6 is 0 Å². The van der Waals surface area contributed by atoms with Gasteiger partial charge in [-0.1, -0.05) is 42.5 Å². The van der Waals surface area contributed by atoms with Crippen molar-refractivity contribution in [3.05, 3.63) is 96.4 Å². The molecule has 0 atom stereocenters. The van der Waals surface area contributed by atoms with Gasteiger partial charge in [0, 0.05) is 30.0 Å². The summed E-state index contributed by atoms with van der Waals surface area (Å²) in [5.74, 6) is 0.966. The maximum Gasteiger partial charge on any atom is 0.234 e. The number of rotatable bonds is 10. The monoisotopic (exact) mass is 490 g/mol. The molecule has 184 valence electrons. The summed E-state index contributed by atoms with van der Waals surface area (Å²) in [5.41, 5.74) is 7.99. The van der Waals surface area contributed by atoms with Crippen molar-refractivity contribution in [2.75, 3.05) is 17.3 Å². The molecule has 0 aliphatic heterocycles. The molecule has 5 aromatic rings. The highest BCUT2D eigenvalue weighted by Crippen LogP contribution is 2.26. The van der Waals surface area contributed by atoms with Crippen LogP contribution in [0.5, 0.6) is 0 Å². The summed E-state index contributed by atoms with van der Waals surface area (Å²) in [4.78, 5) is 15.2. The van der Waals surface area contributed by atoms with E-state index >= 15 is 0 Å². The molecule has 0 bridgehead atoms. The van der Waals surface area contributed by atoms with Crippen molar-refractivity contribution < 1.29 is 0 Å². The van der Waals surface area contributed by atoms with Crippen LogP contribution in [-0.4, -0.2) is 44.2 Å². The normalized spacial score (nSPS) is 11.1. The van der Waals surface area contributed by atoms with Gasteiger partial charge >= 0.3 is 0 Å². The highest BCUT2D eigenvalue weighted by atomic mass is 15.3. The fraction of sp³-hybridized carbons (Fsp3) is 0.111. The highest BCUT2D eigenvalue weighted by molar-refractivity contribution is 6.14. The van der Waals surface area contributed by atoms with Gasteiger partial charge < -0.3 is 21.1 Å². The first kappa shape index (κ1) is 23.6. The number of nitrogens with one attached hydrogen (secondary N) is 3. The Balaban J connectivity index is 1.30. The van der Waals surface area contributed by atoms with E-state index in [0.29, 0.717) is 18.4 Å². The van der Waals surface area contributed by atoms with Gasteiger partial charge in [-0.05, 0) is 41.5 Å². The Morgan fingerprint density at radius 1 is 1.00 bits per heavy atom. The SMILES string of the molecule is CN(c1ccc2c(cnn2Cc2ccccc2)c1)c1ncnc(Nc2cccc(CN/N=C\C=N)c2)n1. The van der Waals surface area contributed by atoms with Crippen molar-refractivity contribution in [1.82, 2.24) is 30.2 Å². The summed E-state index contributed by atoms with van der Waals surface area (Å²) in [5, 5.41) is 19.8. The second kappa shape index (κ2) is 11.1. The largest absolute Gasteiger partial charge is 0.324 e. The van der Waals surface area contributed by atoms with Crippen LogP contribution in [0, 0.1) is 5.41 Å². The minimum Gasteiger partial charge on any atom is -0.324 e. The molecule has 0 aliphatic carbocycles. The molecule has 2 heterocycles. The maximum atomic E-state index is 6.97. The molecule has 10 heteroatoms. The zero-order valence-electron chi connectivity index (χ0n) is 20.3. The van der Waals surface area contributed by atoms with Crippen molar-refractivity contribution in [1.29, 1.82) is 5.41 Å². The third-order valence-electron chi connectivity index (χ3n) is 5.75. The van der Waals surface area contributed by atoms with Crippen LogP contribution in [0.1, 0.15) is 11.1 Å². The molecule has 37 heavy (non-hydrogen) atoms. The molecular formula is C27H26N10. The van der Waals surface area contributed by atoms with Crippen molar-refractivity contribution in [3.8, 4) is 0 Å². The van der Waals surface area contributed by atoms with Crippen LogP contribution in [0.2, 0.25) is 0 Å². The molecule has 10 nitrogen and oxygen atoms in total. The fourth-order valence-electron chi connectivity index (χ4n) is 3.91. The minimum atomic E-state index is 0.445. The molecule has 3 N–H and O–H groups in total. The van der Waals surface area contributed by atoms with Crippen LogP contribution < -0.4 is 15.6 Å². The van der Waals surface area contributed by atoms with Crippen molar-refractivity contribution in [2.24, 2.45) is 5.10 Å². The molecule has 5 rings (SSSR count). The molecule has 0 saturated carbocycles. The lowest BCUT2D eigenvalue weighted by atomic mass is 10.2. The zero-order valence-corrected chi connectivity index (χ0v) is 20.3. The zero-order chi connectivity index (χ0) is 25.5. The molecule has 2 aromatic heterocycles. The number of anilines is 4. The molecule has 0 radical (unpaired) electrons. The number of hydrogen-bond donors (Lipinski definition) is 3. The van der Waals surface area contributed by atoms with E-state index < -0.39 is 0 Å². The van der Waals surface area contributed by atoms with Crippen LogP contribution in [0.15, 0.2) is 90.4 Å². The topological polar surface area (TPSA) is 120 Å². The summed E-state index contributed by atoms with van der Waals surface area (Å²) in [6, 6.07) is 24.4. The standard InChI is InChI=1S/C27H26N10/c1-36(24-10-11-25-22(15-24)17-33-37(25)18-20-6-3-2-4-7-20)27-30-19-29-26(35-27)34-23-9-5-8-21(14-23)16-32-31-13-12-28/h2-15,17,19,28,32H,16,18H2,1H3,(H,29,30,34,35)/b28-12?,31-13-. The molecule has 0 saturated heterocycles. The lowest BCUT2D eigenvalue weighted by molar-refractivity contribution is 0.712. The molecule has 0 spiro atoms.